The van der Waals surface area contributed by atoms with Crippen LogP contribution < -0.4 is 4.74 Å². The molecule has 1 aliphatic heterocycles. The van der Waals surface area contributed by atoms with Gasteiger partial charge in [0.1, 0.15) is 5.75 Å². The number of amides is 2. The highest BCUT2D eigenvalue weighted by atomic mass is 19.3. The molecule has 154 valence electrons. The smallest absolute Gasteiger partial charge is 0.387 e. The van der Waals surface area contributed by atoms with Crippen molar-refractivity contribution in [3.8, 4) is 5.75 Å². The fraction of sp³-hybridized carbons (Fsp3) is 0.526. The zero-order chi connectivity index (χ0) is 21.0. The van der Waals surface area contributed by atoms with Gasteiger partial charge in [-0.3, -0.25) is 14.4 Å². The van der Waals surface area contributed by atoms with Gasteiger partial charge in [-0.2, -0.15) is 8.78 Å². The Bertz CT molecular complexity index is 738. The summed E-state index contributed by atoms with van der Waals surface area (Å²) >= 11 is 0. The fourth-order valence-electron chi connectivity index (χ4n) is 3.32. The molecule has 0 aliphatic carbocycles. The number of carboxylic acid groups (broad SMARTS) is 1. The van der Waals surface area contributed by atoms with Crippen molar-refractivity contribution in [1.82, 2.24) is 9.80 Å². The molecule has 0 saturated carbocycles. The molecule has 7 nitrogen and oxygen atoms in total. The average Bonchev–Trinajstić information content (AvgIpc) is 2.63. The van der Waals surface area contributed by atoms with E-state index < -0.39 is 24.4 Å². The van der Waals surface area contributed by atoms with Gasteiger partial charge in [0.25, 0.3) is 5.91 Å². The number of hydrogen-bond donors (Lipinski definition) is 1. The Hall–Kier alpha value is -2.71. The van der Waals surface area contributed by atoms with Crippen LogP contribution in [-0.2, 0) is 9.59 Å². The van der Waals surface area contributed by atoms with Crippen molar-refractivity contribution >= 4 is 17.8 Å². The molecule has 1 fully saturated rings. The third-order valence-electron chi connectivity index (χ3n) is 4.83. The fourth-order valence-corrected chi connectivity index (χ4v) is 3.32. The lowest BCUT2D eigenvalue weighted by Crippen LogP contribution is -2.45. The summed E-state index contributed by atoms with van der Waals surface area (Å²) in [5, 5.41) is 9.01. The molecule has 1 aromatic carbocycles. The Morgan fingerprint density at radius 1 is 1.21 bits per heavy atom. The molecule has 0 aromatic heterocycles. The van der Waals surface area contributed by atoms with Crippen LogP contribution in [0.15, 0.2) is 12.1 Å². The van der Waals surface area contributed by atoms with Crippen molar-refractivity contribution in [2.45, 2.75) is 33.3 Å². The Labute approximate surface area is 161 Å². The van der Waals surface area contributed by atoms with Crippen LogP contribution in [0.3, 0.4) is 0 Å². The van der Waals surface area contributed by atoms with Gasteiger partial charge in [-0.05, 0) is 49.9 Å². The number of nitrogens with zero attached hydrogens (tertiary/aromatic N) is 2. The Morgan fingerprint density at radius 2 is 1.75 bits per heavy atom. The number of carbonyl (C=O) groups is 3. The summed E-state index contributed by atoms with van der Waals surface area (Å²) in [5.74, 6) is -1.94. The topological polar surface area (TPSA) is 87.2 Å². The summed E-state index contributed by atoms with van der Waals surface area (Å²) in [6.45, 7) is 0.720. The van der Waals surface area contributed by atoms with Crippen molar-refractivity contribution < 1.29 is 33.0 Å². The lowest BCUT2D eigenvalue weighted by molar-refractivity contribution is -0.145. The van der Waals surface area contributed by atoms with E-state index in [1.165, 1.54) is 24.1 Å². The second-order valence-corrected chi connectivity index (χ2v) is 6.97. The molecule has 1 N–H and O–H groups in total. The van der Waals surface area contributed by atoms with Crippen molar-refractivity contribution in [3.63, 3.8) is 0 Å². The second kappa shape index (κ2) is 8.99. The van der Waals surface area contributed by atoms with E-state index in [9.17, 15) is 23.2 Å². The summed E-state index contributed by atoms with van der Waals surface area (Å²) in [7, 11) is 1.48. The molecule has 28 heavy (non-hydrogen) atoms. The molecule has 0 atom stereocenters. The molecule has 0 unspecified atom stereocenters. The van der Waals surface area contributed by atoms with Gasteiger partial charge in [0.2, 0.25) is 5.91 Å². The minimum Gasteiger partial charge on any atom is -0.481 e. The first-order valence-corrected chi connectivity index (χ1v) is 8.92. The second-order valence-electron chi connectivity index (χ2n) is 6.97. The third-order valence-corrected chi connectivity index (χ3v) is 4.83. The number of alkyl halides is 2. The number of rotatable bonds is 6. The monoisotopic (exact) mass is 398 g/mol. The van der Waals surface area contributed by atoms with Gasteiger partial charge in [0, 0.05) is 25.7 Å². The average molecular weight is 398 g/mol. The van der Waals surface area contributed by atoms with Crippen LogP contribution in [0.25, 0.3) is 0 Å². The van der Waals surface area contributed by atoms with Crippen LogP contribution in [0, 0.1) is 19.8 Å². The SMILES string of the molecule is Cc1cc(C(=O)N(C)CC(=O)N2CCC(C(=O)O)CC2)cc(C)c1OC(F)F. The highest BCUT2D eigenvalue weighted by Gasteiger charge is 2.28. The third kappa shape index (κ3) is 5.17. The van der Waals surface area contributed by atoms with E-state index in [1.807, 2.05) is 0 Å². The zero-order valence-corrected chi connectivity index (χ0v) is 16.1. The van der Waals surface area contributed by atoms with Crippen LogP contribution in [-0.4, -0.2) is 66.0 Å². The minimum absolute atomic E-state index is 0.0339. The van der Waals surface area contributed by atoms with E-state index >= 15 is 0 Å². The number of carbonyl (C=O) groups excluding carboxylic acids is 2. The summed E-state index contributed by atoms with van der Waals surface area (Å²) in [6.07, 6.45) is 0.783. The van der Waals surface area contributed by atoms with E-state index in [2.05, 4.69) is 4.74 Å². The standard InChI is InChI=1S/C19H24F2N2O5/c1-11-8-14(9-12(2)16(11)28-19(20)21)17(25)22(3)10-15(24)23-6-4-13(5-7-23)18(26)27/h8-9,13,19H,4-7,10H2,1-3H3,(H,26,27). The van der Waals surface area contributed by atoms with Gasteiger partial charge in [0.15, 0.2) is 0 Å². The molecule has 2 rings (SSSR count). The van der Waals surface area contributed by atoms with Crippen molar-refractivity contribution in [2.24, 2.45) is 5.92 Å². The van der Waals surface area contributed by atoms with Crippen LogP contribution in [0.5, 0.6) is 5.75 Å². The lowest BCUT2D eigenvalue weighted by Gasteiger charge is -2.31. The first-order valence-electron chi connectivity index (χ1n) is 8.92. The van der Waals surface area contributed by atoms with Gasteiger partial charge in [-0.25, -0.2) is 0 Å². The first-order chi connectivity index (χ1) is 13.1. The van der Waals surface area contributed by atoms with E-state index in [1.54, 1.807) is 18.7 Å². The lowest BCUT2D eigenvalue weighted by atomic mass is 9.97. The van der Waals surface area contributed by atoms with Gasteiger partial charge < -0.3 is 19.6 Å². The Kier molecular flexibility index (Phi) is 6.93. The number of aryl methyl sites for hydroxylation is 2. The Balaban J connectivity index is 2.01. The predicted octanol–water partition coefficient (Wildman–Crippen LogP) is 2.30. The summed E-state index contributed by atoms with van der Waals surface area (Å²) in [5.41, 5.74) is 1.08. The van der Waals surface area contributed by atoms with Gasteiger partial charge >= 0.3 is 12.6 Å². The number of halogens is 2. The molecular formula is C19H24F2N2O5. The quantitative estimate of drug-likeness (QED) is 0.795. The number of likely N-dealkylation sites (tertiary alicyclic amines) is 1. The normalized spacial score (nSPS) is 14.9. The molecular weight excluding hydrogens is 374 g/mol. The number of aliphatic carboxylic acids is 1. The van der Waals surface area contributed by atoms with Crippen LogP contribution in [0.4, 0.5) is 8.78 Å². The van der Waals surface area contributed by atoms with E-state index in [-0.39, 0.29) is 23.8 Å². The van der Waals surface area contributed by atoms with Gasteiger partial charge in [-0.15, -0.1) is 0 Å². The maximum Gasteiger partial charge on any atom is 0.387 e. The zero-order valence-electron chi connectivity index (χ0n) is 16.1. The number of benzene rings is 1. The molecule has 1 aromatic rings. The van der Waals surface area contributed by atoms with Crippen LogP contribution >= 0.6 is 0 Å². The number of likely N-dealkylation sites (N-methyl/N-ethyl adjacent to an activating group) is 1. The number of ether oxygens (including phenoxy) is 1. The summed E-state index contributed by atoms with van der Waals surface area (Å²) in [4.78, 5) is 38.8. The van der Waals surface area contributed by atoms with Crippen molar-refractivity contribution in [3.05, 3.63) is 28.8 Å². The number of piperidine rings is 1. The number of hydrogen-bond acceptors (Lipinski definition) is 4. The van der Waals surface area contributed by atoms with Crippen LogP contribution in [0.1, 0.15) is 34.3 Å². The molecule has 2 amide bonds. The minimum atomic E-state index is -2.95. The van der Waals surface area contributed by atoms with E-state index in [0.29, 0.717) is 37.1 Å². The number of carboxylic acids is 1. The summed E-state index contributed by atoms with van der Waals surface area (Å²) in [6, 6.07) is 2.90. The highest BCUT2D eigenvalue weighted by molar-refractivity contribution is 5.97. The van der Waals surface area contributed by atoms with Gasteiger partial charge in [-0.1, -0.05) is 0 Å². The van der Waals surface area contributed by atoms with Crippen LogP contribution in [0.2, 0.25) is 0 Å². The Morgan fingerprint density at radius 3 is 2.21 bits per heavy atom. The van der Waals surface area contributed by atoms with E-state index in [0.717, 1.165) is 0 Å². The molecule has 0 bridgehead atoms. The summed E-state index contributed by atoms with van der Waals surface area (Å²) < 4.78 is 29.4. The largest absolute Gasteiger partial charge is 0.481 e. The molecule has 9 heteroatoms. The highest BCUT2D eigenvalue weighted by Crippen LogP contribution is 2.27. The van der Waals surface area contributed by atoms with E-state index in [4.69, 9.17) is 5.11 Å². The molecule has 1 heterocycles. The molecule has 1 saturated heterocycles. The predicted molar refractivity (Wildman–Crippen MR) is 96.4 cm³/mol. The van der Waals surface area contributed by atoms with Crippen molar-refractivity contribution in [1.29, 1.82) is 0 Å². The van der Waals surface area contributed by atoms with Gasteiger partial charge in [0.05, 0.1) is 12.5 Å². The molecule has 0 spiro atoms. The maximum atomic E-state index is 12.6. The maximum absolute atomic E-state index is 12.6. The molecule has 1 aliphatic rings. The van der Waals surface area contributed by atoms with Crippen molar-refractivity contribution in [2.75, 3.05) is 26.7 Å². The molecule has 0 radical (unpaired) electrons. The first kappa shape index (κ1) is 21.6.